The Morgan fingerprint density at radius 2 is 1.89 bits per heavy atom. The van der Waals surface area contributed by atoms with Crippen molar-refractivity contribution in [2.75, 3.05) is 5.73 Å². The molecule has 0 unspecified atom stereocenters. The van der Waals surface area contributed by atoms with Crippen molar-refractivity contribution in [2.45, 2.75) is 6.54 Å². The van der Waals surface area contributed by atoms with E-state index in [0.29, 0.717) is 5.82 Å². The second-order valence-corrected chi connectivity index (χ2v) is 4.38. The van der Waals surface area contributed by atoms with Crippen molar-refractivity contribution in [1.82, 2.24) is 14.8 Å². The number of nitrogen functional groups attached to an aromatic ring is 1. The SMILES string of the molecule is Nc1cc(-c2cnn(Cc3ccccc3)c2)ccn1. The molecule has 0 radical (unpaired) electrons. The molecule has 4 heteroatoms. The minimum Gasteiger partial charge on any atom is -0.384 e. The van der Waals surface area contributed by atoms with E-state index in [4.69, 9.17) is 5.73 Å². The van der Waals surface area contributed by atoms with Crippen LogP contribution in [0.3, 0.4) is 0 Å². The molecule has 0 amide bonds. The summed E-state index contributed by atoms with van der Waals surface area (Å²) in [5.41, 5.74) is 9.00. The van der Waals surface area contributed by atoms with Crippen LogP contribution in [0, 0.1) is 0 Å². The first-order valence-corrected chi connectivity index (χ1v) is 6.09. The Morgan fingerprint density at radius 3 is 2.68 bits per heavy atom. The van der Waals surface area contributed by atoms with Gasteiger partial charge in [0.15, 0.2) is 0 Å². The average molecular weight is 250 g/mol. The van der Waals surface area contributed by atoms with Crippen molar-refractivity contribution in [3.63, 3.8) is 0 Å². The van der Waals surface area contributed by atoms with Gasteiger partial charge in [0.05, 0.1) is 12.7 Å². The Bertz CT molecular complexity index is 673. The summed E-state index contributed by atoms with van der Waals surface area (Å²) >= 11 is 0. The maximum atomic E-state index is 5.69. The van der Waals surface area contributed by atoms with Crippen molar-refractivity contribution >= 4 is 5.82 Å². The quantitative estimate of drug-likeness (QED) is 0.777. The van der Waals surface area contributed by atoms with E-state index in [9.17, 15) is 0 Å². The zero-order valence-electron chi connectivity index (χ0n) is 10.4. The van der Waals surface area contributed by atoms with Crippen LogP contribution in [0.2, 0.25) is 0 Å². The van der Waals surface area contributed by atoms with Crippen molar-refractivity contribution in [3.8, 4) is 11.1 Å². The van der Waals surface area contributed by atoms with Crippen molar-refractivity contribution in [1.29, 1.82) is 0 Å². The van der Waals surface area contributed by atoms with Crippen LogP contribution in [0.1, 0.15) is 5.56 Å². The molecule has 0 spiro atoms. The number of pyridine rings is 1. The second-order valence-electron chi connectivity index (χ2n) is 4.38. The molecule has 3 rings (SSSR count). The minimum atomic E-state index is 0.522. The summed E-state index contributed by atoms with van der Waals surface area (Å²) in [7, 11) is 0. The maximum absolute atomic E-state index is 5.69. The van der Waals surface area contributed by atoms with Gasteiger partial charge in [-0.2, -0.15) is 5.10 Å². The van der Waals surface area contributed by atoms with Gasteiger partial charge in [-0.3, -0.25) is 4.68 Å². The van der Waals surface area contributed by atoms with Crippen LogP contribution in [0.4, 0.5) is 5.82 Å². The lowest BCUT2D eigenvalue weighted by Gasteiger charge is -2.01. The molecule has 0 saturated carbocycles. The molecule has 4 nitrogen and oxygen atoms in total. The predicted molar refractivity (Wildman–Crippen MR) is 75.4 cm³/mol. The van der Waals surface area contributed by atoms with Crippen LogP contribution in [0.25, 0.3) is 11.1 Å². The van der Waals surface area contributed by atoms with Gasteiger partial charge in [0, 0.05) is 18.0 Å². The lowest BCUT2D eigenvalue weighted by atomic mass is 10.1. The van der Waals surface area contributed by atoms with Gasteiger partial charge >= 0.3 is 0 Å². The highest BCUT2D eigenvalue weighted by Gasteiger charge is 2.03. The van der Waals surface area contributed by atoms with E-state index in [0.717, 1.165) is 17.7 Å². The van der Waals surface area contributed by atoms with Crippen molar-refractivity contribution in [2.24, 2.45) is 0 Å². The van der Waals surface area contributed by atoms with E-state index in [1.807, 2.05) is 47.4 Å². The monoisotopic (exact) mass is 250 g/mol. The van der Waals surface area contributed by atoms with E-state index < -0.39 is 0 Å². The molecule has 2 heterocycles. The van der Waals surface area contributed by atoms with Gasteiger partial charge in [-0.25, -0.2) is 4.98 Å². The normalized spacial score (nSPS) is 10.5. The molecule has 2 N–H and O–H groups in total. The third kappa shape index (κ3) is 2.63. The Morgan fingerprint density at radius 1 is 1.05 bits per heavy atom. The number of hydrogen-bond acceptors (Lipinski definition) is 3. The van der Waals surface area contributed by atoms with E-state index >= 15 is 0 Å². The number of aromatic nitrogens is 3. The molecule has 0 atom stereocenters. The van der Waals surface area contributed by atoms with Crippen LogP contribution in [0.15, 0.2) is 61.1 Å². The summed E-state index contributed by atoms with van der Waals surface area (Å²) in [6.07, 6.45) is 5.57. The third-order valence-corrected chi connectivity index (χ3v) is 2.94. The zero-order valence-corrected chi connectivity index (χ0v) is 10.4. The number of benzene rings is 1. The van der Waals surface area contributed by atoms with E-state index in [-0.39, 0.29) is 0 Å². The highest BCUT2D eigenvalue weighted by atomic mass is 15.3. The Labute approximate surface area is 111 Å². The summed E-state index contributed by atoms with van der Waals surface area (Å²) in [5, 5.41) is 4.37. The van der Waals surface area contributed by atoms with Crippen LogP contribution in [-0.4, -0.2) is 14.8 Å². The standard InChI is InChI=1S/C15H14N4/c16-15-8-13(6-7-17-15)14-9-18-19(11-14)10-12-4-2-1-3-5-12/h1-9,11H,10H2,(H2,16,17). The van der Waals surface area contributed by atoms with E-state index in [2.05, 4.69) is 22.2 Å². The molecule has 0 aliphatic carbocycles. The summed E-state index contributed by atoms with van der Waals surface area (Å²) in [6.45, 7) is 0.765. The maximum Gasteiger partial charge on any atom is 0.123 e. The number of anilines is 1. The van der Waals surface area contributed by atoms with Gasteiger partial charge in [0.25, 0.3) is 0 Å². The van der Waals surface area contributed by atoms with Crippen LogP contribution < -0.4 is 5.73 Å². The van der Waals surface area contributed by atoms with Crippen molar-refractivity contribution < 1.29 is 0 Å². The zero-order chi connectivity index (χ0) is 13.1. The van der Waals surface area contributed by atoms with Crippen LogP contribution >= 0.6 is 0 Å². The molecule has 0 aliphatic heterocycles. The third-order valence-electron chi connectivity index (χ3n) is 2.94. The minimum absolute atomic E-state index is 0.522. The van der Waals surface area contributed by atoms with Gasteiger partial charge < -0.3 is 5.73 Å². The smallest absolute Gasteiger partial charge is 0.123 e. The topological polar surface area (TPSA) is 56.7 Å². The second kappa shape index (κ2) is 4.94. The molecular formula is C15H14N4. The summed E-state index contributed by atoms with van der Waals surface area (Å²) in [5.74, 6) is 0.522. The van der Waals surface area contributed by atoms with Gasteiger partial charge in [0.1, 0.15) is 5.82 Å². The lowest BCUT2D eigenvalue weighted by Crippen LogP contribution is -1.99. The van der Waals surface area contributed by atoms with E-state index in [1.165, 1.54) is 5.56 Å². The molecule has 0 bridgehead atoms. The Balaban J connectivity index is 1.84. The summed E-state index contributed by atoms with van der Waals surface area (Å²) < 4.78 is 1.92. The van der Waals surface area contributed by atoms with E-state index in [1.54, 1.807) is 6.20 Å². The summed E-state index contributed by atoms with van der Waals surface area (Å²) in [6, 6.07) is 14.0. The number of nitrogens with zero attached hydrogens (tertiary/aromatic N) is 3. The van der Waals surface area contributed by atoms with Crippen molar-refractivity contribution in [3.05, 3.63) is 66.6 Å². The van der Waals surface area contributed by atoms with Gasteiger partial charge in [-0.05, 0) is 23.3 Å². The largest absolute Gasteiger partial charge is 0.384 e. The molecule has 94 valence electrons. The van der Waals surface area contributed by atoms with Gasteiger partial charge in [-0.15, -0.1) is 0 Å². The first-order chi connectivity index (χ1) is 9.31. The Kier molecular flexibility index (Phi) is 2.98. The molecule has 2 aromatic heterocycles. The molecule has 0 saturated heterocycles. The molecule has 0 aliphatic rings. The Hall–Kier alpha value is -2.62. The fraction of sp³-hybridized carbons (Fsp3) is 0.0667. The number of rotatable bonds is 3. The summed E-state index contributed by atoms with van der Waals surface area (Å²) in [4.78, 5) is 3.99. The first-order valence-electron chi connectivity index (χ1n) is 6.09. The van der Waals surface area contributed by atoms with Gasteiger partial charge in [-0.1, -0.05) is 30.3 Å². The molecule has 3 aromatic rings. The van der Waals surface area contributed by atoms with Crippen LogP contribution in [-0.2, 0) is 6.54 Å². The first kappa shape index (κ1) is 11.5. The predicted octanol–water partition coefficient (Wildman–Crippen LogP) is 2.58. The number of nitrogens with two attached hydrogens (primary N) is 1. The van der Waals surface area contributed by atoms with Gasteiger partial charge in [0.2, 0.25) is 0 Å². The fourth-order valence-corrected chi connectivity index (χ4v) is 2.00. The number of hydrogen-bond donors (Lipinski definition) is 1. The molecule has 0 fully saturated rings. The lowest BCUT2D eigenvalue weighted by molar-refractivity contribution is 0.687. The highest BCUT2D eigenvalue weighted by molar-refractivity contribution is 5.64. The molecular weight excluding hydrogens is 236 g/mol. The highest BCUT2D eigenvalue weighted by Crippen LogP contribution is 2.19. The van der Waals surface area contributed by atoms with Crippen LogP contribution in [0.5, 0.6) is 0 Å². The molecule has 1 aromatic carbocycles. The molecule has 19 heavy (non-hydrogen) atoms. The fourth-order valence-electron chi connectivity index (χ4n) is 2.00. The average Bonchev–Trinajstić information content (AvgIpc) is 2.88.